The van der Waals surface area contributed by atoms with Crippen molar-refractivity contribution < 1.29 is 9.90 Å². The lowest BCUT2D eigenvalue weighted by atomic mass is 10.1. The number of aryl methyl sites for hydroxylation is 2. The molecule has 1 aromatic carbocycles. The molecule has 0 spiro atoms. The lowest BCUT2D eigenvalue weighted by Crippen LogP contribution is -2.01. The first-order valence-corrected chi connectivity index (χ1v) is 6.73. The summed E-state index contributed by atoms with van der Waals surface area (Å²) >= 11 is 0. The minimum atomic E-state index is -0.768. The number of carbonyl (C=O) groups is 1. The van der Waals surface area contributed by atoms with Gasteiger partial charge in [0.25, 0.3) is 0 Å². The zero-order valence-electron chi connectivity index (χ0n) is 11.5. The predicted octanol–water partition coefficient (Wildman–Crippen LogP) is 2.53. The molecular weight excluding hydrogens is 254 g/mol. The number of rotatable bonds is 7. The molecule has 2 aromatic rings. The van der Waals surface area contributed by atoms with E-state index in [1.165, 1.54) is 0 Å². The van der Waals surface area contributed by atoms with Crippen LogP contribution in [0.25, 0.3) is 0 Å². The molecule has 0 aliphatic heterocycles. The molecule has 0 radical (unpaired) electrons. The highest BCUT2D eigenvalue weighted by Gasteiger charge is 2.01. The summed E-state index contributed by atoms with van der Waals surface area (Å²) in [5.74, 6) is -0.768. The van der Waals surface area contributed by atoms with Crippen LogP contribution in [0.3, 0.4) is 0 Å². The molecule has 2 rings (SSSR count). The van der Waals surface area contributed by atoms with Crippen LogP contribution in [0, 0.1) is 0 Å². The van der Waals surface area contributed by atoms with Crippen LogP contribution in [-0.2, 0) is 24.3 Å². The smallest absolute Gasteiger partial charge is 0.303 e. The van der Waals surface area contributed by atoms with Crippen molar-refractivity contribution in [2.75, 3.05) is 5.32 Å². The number of nitrogens with zero attached hydrogens (tertiary/aromatic N) is 2. The maximum atomic E-state index is 10.6. The van der Waals surface area contributed by atoms with Crippen LogP contribution >= 0.6 is 0 Å². The van der Waals surface area contributed by atoms with Crippen molar-refractivity contribution in [1.29, 1.82) is 0 Å². The molecule has 20 heavy (non-hydrogen) atoms. The van der Waals surface area contributed by atoms with Crippen molar-refractivity contribution in [3.63, 3.8) is 0 Å². The topological polar surface area (TPSA) is 67.2 Å². The number of aromatic nitrogens is 2. The molecule has 1 heterocycles. The van der Waals surface area contributed by atoms with Crippen molar-refractivity contribution in [2.24, 2.45) is 0 Å². The Bertz CT molecular complexity index is 578. The van der Waals surface area contributed by atoms with Gasteiger partial charge in [-0.25, -0.2) is 0 Å². The van der Waals surface area contributed by atoms with Gasteiger partial charge in [0.2, 0.25) is 0 Å². The zero-order valence-corrected chi connectivity index (χ0v) is 11.5. The fourth-order valence-electron chi connectivity index (χ4n) is 1.96. The monoisotopic (exact) mass is 273 g/mol. The zero-order chi connectivity index (χ0) is 14.4. The summed E-state index contributed by atoms with van der Waals surface area (Å²) < 4.78 is 1.89. The molecule has 1 aromatic heterocycles. The van der Waals surface area contributed by atoms with E-state index in [4.69, 9.17) is 5.11 Å². The van der Waals surface area contributed by atoms with Gasteiger partial charge in [-0.1, -0.05) is 12.1 Å². The first-order valence-electron chi connectivity index (χ1n) is 6.73. The Kier molecular flexibility index (Phi) is 4.76. The van der Waals surface area contributed by atoms with Gasteiger partial charge in [0, 0.05) is 37.0 Å². The largest absolute Gasteiger partial charge is 0.481 e. The molecule has 0 unspecified atom stereocenters. The van der Waals surface area contributed by atoms with Gasteiger partial charge in [-0.15, -0.1) is 0 Å². The van der Waals surface area contributed by atoms with E-state index in [0.29, 0.717) is 13.0 Å². The van der Waals surface area contributed by atoms with Crippen molar-refractivity contribution in [3.05, 3.63) is 47.8 Å². The highest BCUT2D eigenvalue weighted by molar-refractivity contribution is 5.67. The number of anilines is 1. The summed E-state index contributed by atoms with van der Waals surface area (Å²) in [7, 11) is 0. The third kappa shape index (κ3) is 4.12. The van der Waals surface area contributed by atoms with Crippen LogP contribution in [0.15, 0.2) is 36.7 Å². The Morgan fingerprint density at radius 1 is 1.40 bits per heavy atom. The van der Waals surface area contributed by atoms with Gasteiger partial charge in [-0.2, -0.15) is 5.10 Å². The molecule has 0 saturated carbocycles. The lowest BCUT2D eigenvalue weighted by molar-refractivity contribution is -0.136. The quantitative estimate of drug-likeness (QED) is 0.813. The summed E-state index contributed by atoms with van der Waals surface area (Å²) in [4.78, 5) is 10.6. The highest BCUT2D eigenvalue weighted by Crippen LogP contribution is 2.13. The van der Waals surface area contributed by atoms with Crippen molar-refractivity contribution in [1.82, 2.24) is 9.78 Å². The number of benzene rings is 1. The normalized spacial score (nSPS) is 10.4. The molecule has 0 atom stereocenters. The highest BCUT2D eigenvalue weighted by atomic mass is 16.4. The van der Waals surface area contributed by atoms with Gasteiger partial charge in [-0.05, 0) is 31.0 Å². The van der Waals surface area contributed by atoms with Crippen LogP contribution in [0.1, 0.15) is 24.5 Å². The van der Waals surface area contributed by atoms with Crippen LogP contribution in [-0.4, -0.2) is 20.9 Å². The van der Waals surface area contributed by atoms with Gasteiger partial charge in [0.05, 0.1) is 6.20 Å². The van der Waals surface area contributed by atoms with E-state index >= 15 is 0 Å². The summed E-state index contributed by atoms with van der Waals surface area (Å²) in [6.45, 7) is 3.63. The Hall–Kier alpha value is -2.30. The standard InChI is InChI=1S/C15H19N3O2/c1-2-18-11-13(10-17-18)9-16-14-5-3-4-12(8-14)6-7-15(19)20/h3-5,8,10-11,16H,2,6-7,9H2,1H3,(H,19,20). The van der Waals surface area contributed by atoms with Gasteiger partial charge < -0.3 is 10.4 Å². The molecule has 0 fully saturated rings. The summed E-state index contributed by atoms with van der Waals surface area (Å²) in [6, 6.07) is 7.86. The fourth-order valence-corrected chi connectivity index (χ4v) is 1.96. The maximum absolute atomic E-state index is 10.6. The molecule has 0 saturated heterocycles. The molecule has 106 valence electrons. The number of hydrogen-bond donors (Lipinski definition) is 2. The van der Waals surface area contributed by atoms with E-state index in [9.17, 15) is 4.79 Å². The van der Waals surface area contributed by atoms with Crippen molar-refractivity contribution >= 4 is 11.7 Å². The Morgan fingerprint density at radius 2 is 2.25 bits per heavy atom. The molecule has 2 N–H and O–H groups in total. The Morgan fingerprint density at radius 3 is 2.95 bits per heavy atom. The van der Waals surface area contributed by atoms with E-state index in [0.717, 1.165) is 23.4 Å². The van der Waals surface area contributed by atoms with Crippen molar-refractivity contribution in [2.45, 2.75) is 32.9 Å². The minimum absolute atomic E-state index is 0.159. The third-order valence-electron chi connectivity index (χ3n) is 3.06. The molecule has 0 amide bonds. The average Bonchev–Trinajstić information content (AvgIpc) is 2.91. The minimum Gasteiger partial charge on any atom is -0.481 e. The van der Waals surface area contributed by atoms with Crippen LogP contribution in [0.4, 0.5) is 5.69 Å². The number of hydrogen-bond acceptors (Lipinski definition) is 3. The van der Waals surface area contributed by atoms with Crippen LogP contribution < -0.4 is 5.32 Å². The average molecular weight is 273 g/mol. The second-order valence-corrected chi connectivity index (χ2v) is 4.65. The maximum Gasteiger partial charge on any atom is 0.303 e. The first kappa shape index (κ1) is 14.1. The van der Waals surface area contributed by atoms with Crippen LogP contribution in [0.2, 0.25) is 0 Å². The third-order valence-corrected chi connectivity index (χ3v) is 3.06. The number of carboxylic acids is 1. The second kappa shape index (κ2) is 6.75. The summed E-state index contributed by atoms with van der Waals surface area (Å²) in [5.41, 5.74) is 3.15. The number of carboxylic acid groups (broad SMARTS) is 1. The molecule has 0 bridgehead atoms. The van der Waals surface area contributed by atoms with Gasteiger partial charge >= 0.3 is 5.97 Å². The van der Waals surface area contributed by atoms with E-state index in [1.807, 2.05) is 41.3 Å². The van der Waals surface area contributed by atoms with E-state index in [-0.39, 0.29) is 6.42 Å². The van der Waals surface area contributed by atoms with Gasteiger partial charge in [-0.3, -0.25) is 9.48 Å². The number of nitrogens with one attached hydrogen (secondary N) is 1. The summed E-state index contributed by atoms with van der Waals surface area (Å²) in [5, 5.41) is 16.2. The molecule has 0 aliphatic rings. The van der Waals surface area contributed by atoms with Gasteiger partial charge in [0.1, 0.15) is 0 Å². The predicted molar refractivity (Wildman–Crippen MR) is 77.6 cm³/mol. The Balaban J connectivity index is 1.92. The van der Waals surface area contributed by atoms with E-state index < -0.39 is 5.97 Å². The molecule has 5 heteroatoms. The number of aliphatic carboxylic acids is 1. The lowest BCUT2D eigenvalue weighted by Gasteiger charge is -2.07. The first-order chi connectivity index (χ1) is 9.67. The summed E-state index contributed by atoms with van der Waals surface area (Å²) in [6.07, 6.45) is 4.58. The molecular formula is C15H19N3O2. The Labute approximate surface area is 118 Å². The SMILES string of the molecule is CCn1cc(CNc2cccc(CCC(=O)O)c2)cn1. The van der Waals surface area contributed by atoms with E-state index in [1.54, 1.807) is 0 Å². The second-order valence-electron chi connectivity index (χ2n) is 4.65. The van der Waals surface area contributed by atoms with Crippen molar-refractivity contribution in [3.8, 4) is 0 Å². The van der Waals surface area contributed by atoms with Crippen LogP contribution in [0.5, 0.6) is 0 Å². The molecule has 5 nitrogen and oxygen atoms in total. The van der Waals surface area contributed by atoms with E-state index in [2.05, 4.69) is 17.3 Å². The fraction of sp³-hybridized carbons (Fsp3) is 0.333. The molecule has 0 aliphatic carbocycles. The van der Waals surface area contributed by atoms with Gasteiger partial charge in [0.15, 0.2) is 0 Å².